The van der Waals surface area contributed by atoms with E-state index in [2.05, 4.69) is 4.98 Å². The standard InChI is InChI=1S/C15H16N2O2/c1-10-6-12(8-13(16)7-10)15(18)19-9-14-5-3-4-11(2)17-14/h3-8H,9,16H2,1-2H3. The summed E-state index contributed by atoms with van der Waals surface area (Å²) in [4.78, 5) is 16.2. The van der Waals surface area contributed by atoms with Crippen molar-refractivity contribution >= 4 is 11.7 Å². The van der Waals surface area contributed by atoms with E-state index in [-0.39, 0.29) is 6.61 Å². The maximum Gasteiger partial charge on any atom is 0.338 e. The van der Waals surface area contributed by atoms with Crippen molar-refractivity contribution in [2.75, 3.05) is 5.73 Å². The highest BCUT2D eigenvalue weighted by atomic mass is 16.5. The summed E-state index contributed by atoms with van der Waals surface area (Å²) in [5, 5.41) is 0. The molecule has 0 radical (unpaired) electrons. The average molecular weight is 256 g/mol. The van der Waals surface area contributed by atoms with Crippen LogP contribution in [0.3, 0.4) is 0 Å². The Kier molecular flexibility index (Phi) is 3.80. The summed E-state index contributed by atoms with van der Waals surface area (Å²) in [5.41, 5.74) is 9.28. The molecule has 0 spiro atoms. The van der Waals surface area contributed by atoms with Gasteiger partial charge in [0.2, 0.25) is 0 Å². The van der Waals surface area contributed by atoms with Crippen molar-refractivity contribution in [1.29, 1.82) is 0 Å². The van der Waals surface area contributed by atoms with Crippen molar-refractivity contribution < 1.29 is 9.53 Å². The molecule has 0 saturated carbocycles. The second-order valence-electron chi connectivity index (χ2n) is 4.48. The van der Waals surface area contributed by atoms with Crippen molar-refractivity contribution in [1.82, 2.24) is 4.98 Å². The minimum Gasteiger partial charge on any atom is -0.456 e. The average Bonchev–Trinajstić information content (AvgIpc) is 2.35. The summed E-state index contributed by atoms with van der Waals surface area (Å²) < 4.78 is 5.22. The van der Waals surface area contributed by atoms with Gasteiger partial charge in [-0.15, -0.1) is 0 Å². The maximum absolute atomic E-state index is 11.9. The van der Waals surface area contributed by atoms with E-state index < -0.39 is 5.97 Å². The Bertz CT molecular complexity index is 589. The Labute approximate surface area is 112 Å². The quantitative estimate of drug-likeness (QED) is 0.677. The predicted molar refractivity (Wildman–Crippen MR) is 73.7 cm³/mol. The zero-order chi connectivity index (χ0) is 13.8. The summed E-state index contributed by atoms with van der Waals surface area (Å²) in [6.07, 6.45) is 0. The zero-order valence-electron chi connectivity index (χ0n) is 11.0. The van der Waals surface area contributed by atoms with Gasteiger partial charge in [0.15, 0.2) is 0 Å². The smallest absolute Gasteiger partial charge is 0.338 e. The van der Waals surface area contributed by atoms with Crippen LogP contribution in [0.4, 0.5) is 5.69 Å². The lowest BCUT2D eigenvalue weighted by atomic mass is 10.1. The van der Waals surface area contributed by atoms with Crippen LogP contribution >= 0.6 is 0 Å². The second-order valence-corrected chi connectivity index (χ2v) is 4.48. The van der Waals surface area contributed by atoms with Gasteiger partial charge in [-0.2, -0.15) is 0 Å². The van der Waals surface area contributed by atoms with Gasteiger partial charge in [-0.05, 0) is 49.7 Å². The van der Waals surface area contributed by atoms with E-state index in [4.69, 9.17) is 10.5 Å². The third kappa shape index (κ3) is 3.55. The number of ether oxygens (including phenoxy) is 1. The van der Waals surface area contributed by atoms with Crippen LogP contribution in [-0.2, 0) is 11.3 Å². The van der Waals surface area contributed by atoms with Gasteiger partial charge >= 0.3 is 5.97 Å². The highest BCUT2D eigenvalue weighted by molar-refractivity contribution is 5.90. The van der Waals surface area contributed by atoms with Gasteiger partial charge in [0.1, 0.15) is 6.61 Å². The first-order chi connectivity index (χ1) is 9.04. The molecule has 1 aromatic carbocycles. The first-order valence-electron chi connectivity index (χ1n) is 6.01. The van der Waals surface area contributed by atoms with Crippen molar-refractivity contribution in [2.45, 2.75) is 20.5 Å². The topological polar surface area (TPSA) is 65.2 Å². The summed E-state index contributed by atoms with van der Waals surface area (Å²) >= 11 is 0. The van der Waals surface area contributed by atoms with Crippen molar-refractivity contribution in [2.24, 2.45) is 0 Å². The number of esters is 1. The lowest BCUT2D eigenvalue weighted by molar-refractivity contribution is 0.0467. The number of pyridine rings is 1. The maximum atomic E-state index is 11.9. The molecule has 0 aliphatic heterocycles. The highest BCUT2D eigenvalue weighted by Gasteiger charge is 2.09. The van der Waals surface area contributed by atoms with Crippen LogP contribution in [-0.4, -0.2) is 11.0 Å². The van der Waals surface area contributed by atoms with E-state index >= 15 is 0 Å². The van der Waals surface area contributed by atoms with Crippen LogP contribution in [0.2, 0.25) is 0 Å². The number of carbonyl (C=O) groups is 1. The fourth-order valence-corrected chi connectivity index (χ4v) is 1.83. The minimum absolute atomic E-state index is 0.161. The molecule has 0 aliphatic carbocycles. The van der Waals surface area contributed by atoms with Crippen LogP contribution in [0, 0.1) is 13.8 Å². The van der Waals surface area contributed by atoms with E-state index in [1.54, 1.807) is 18.2 Å². The van der Waals surface area contributed by atoms with E-state index in [0.717, 1.165) is 17.0 Å². The lowest BCUT2D eigenvalue weighted by Crippen LogP contribution is -2.07. The second kappa shape index (κ2) is 5.52. The van der Waals surface area contributed by atoms with Crippen LogP contribution in [0.15, 0.2) is 36.4 Å². The fourth-order valence-electron chi connectivity index (χ4n) is 1.83. The Balaban J connectivity index is 2.05. The number of anilines is 1. The van der Waals surface area contributed by atoms with Crippen LogP contribution in [0.5, 0.6) is 0 Å². The van der Waals surface area contributed by atoms with Gasteiger partial charge in [0, 0.05) is 11.4 Å². The number of hydrogen-bond acceptors (Lipinski definition) is 4. The lowest BCUT2D eigenvalue weighted by Gasteiger charge is -2.06. The molecule has 98 valence electrons. The van der Waals surface area contributed by atoms with Gasteiger partial charge in [0.05, 0.1) is 11.3 Å². The van der Waals surface area contributed by atoms with Crippen LogP contribution < -0.4 is 5.73 Å². The SMILES string of the molecule is Cc1cc(N)cc(C(=O)OCc2cccc(C)n2)c1. The van der Waals surface area contributed by atoms with Crippen LogP contribution in [0.1, 0.15) is 27.3 Å². The summed E-state index contributed by atoms with van der Waals surface area (Å²) in [5.74, 6) is -0.390. The Morgan fingerprint density at radius 1 is 1.26 bits per heavy atom. The van der Waals surface area contributed by atoms with Gasteiger partial charge < -0.3 is 10.5 Å². The molecule has 2 N–H and O–H groups in total. The number of benzene rings is 1. The largest absolute Gasteiger partial charge is 0.456 e. The molecule has 0 aliphatic rings. The number of aryl methyl sites for hydroxylation is 2. The minimum atomic E-state index is -0.390. The molecule has 1 aromatic heterocycles. The third-order valence-electron chi connectivity index (χ3n) is 2.63. The molecule has 0 saturated heterocycles. The van der Waals surface area contributed by atoms with Crippen molar-refractivity contribution in [3.05, 3.63) is 58.9 Å². The first kappa shape index (κ1) is 13.1. The highest BCUT2D eigenvalue weighted by Crippen LogP contribution is 2.13. The Hall–Kier alpha value is -2.36. The van der Waals surface area contributed by atoms with E-state index in [0.29, 0.717) is 11.3 Å². The molecule has 0 unspecified atom stereocenters. The Morgan fingerprint density at radius 2 is 2.05 bits per heavy atom. The zero-order valence-corrected chi connectivity index (χ0v) is 11.0. The molecule has 1 heterocycles. The molecule has 19 heavy (non-hydrogen) atoms. The van der Waals surface area contributed by atoms with E-state index in [1.165, 1.54) is 0 Å². The van der Waals surface area contributed by atoms with Crippen molar-refractivity contribution in [3.8, 4) is 0 Å². The number of nitrogens with zero attached hydrogens (tertiary/aromatic N) is 1. The number of aromatic nitrogens is 1. The Morgan fingerprint density at radius 3 is 2.74 bits per heavy atom. The monoisotopic (exact) mass is 256 g/mol. The number of rotatable bonds is 3. The summed E-state index contributed by atoms with van der Waals surface area (Å²) in [7, 11) is 0. The number of carbonyl (C=O) groups excluding carboxylic acids is 1. The molecule has 2 rings (SSSR count). The fraction of sp³-hybridized carbons (Fsp3) is 0.200. The molecule has 4 nitrogen and oxygen atoms in total. The normalized spacial score (nSPS) is 10.2. The summed E-state index contributed by atoms with van der Waals surface area (Å²) in [6, 6.07) is 10.8. The predicted octanol–water partition coefficient (Wildman–Crippen LogP) is 2.64. The number of hydrogen-bond donors (Lipinski definition) is 1. The first-order valence-corrected chi connectivity index (χ1v) is 6.01. The molecular weight excluding hydrogens is 240 g/mol. The van der Waals surface area contributed by atoms with Gasteiger partial charge in [-0.25, -0.2) is 4.79 Å². The van der Waals surface area contributed by atoms with Gasteiger partial charge in [0.25, 0.3) is 0 Å². The molecule has 0 fully saturated rings. The molecule has 0 bridgehead atoms. The molecule has 0 amide bonds. The van der Waals surface area contributed by atoms with Crippen molar-refractivity contribution in [3.63, 3.8) is 0 Å². The van der Waals surface area contributed by atoms with E-state index in [1.807, 2.05) is 32.0 Å². The van der Waals surface area contributed by atoms with Gasteiger partial charge in [-0.1, -0.05) is 6.07 Å². The summed E-state index contributed by atoms with van der Waals surface area (Å²) in [6.45, 7) is 3.94. The molecule has 4 heteroatoms. The van der Waals surface area contributed by atoms with Crippen LogP contribution in [0.25, 0.3) is 0 Å². The number of nitrogen functional groups attached to an aromatic ring is 1. The molecule has 2 aromatic rings. The number of nitrogens with two attached hydrogens (primary N) is 1. The third-order valence-corrected chi connectivity index (χ3v) is 2.63. The molecule has 0 atom stereocenters. The van der Waals surface area contributed by atoms with Gasteiger partial charge in [-0.3, -0.25) is 4.98 Å². The molecular formula is C15H16N2O2. The van der Waals surface area contributed by atoms with E-state index in [9.17, 15) is 4.79 Å².